The smallest absolute Gasteiger partial charge is 0.244 e. The van der Waals surface area contributed by atoms with Gasteiger partial charge in [0.2, 0.25) is 10.0 Å². The van der Waals surface area contributed by atoms with Crippen molar-refractivity contribution < 1.29 is 8.42 Å². The summed E-state index contributed by atoms with van der Waals surface area (Å²) < 4.78 is 26.3. The van der Waals surface area contributed by atoms with Crippen LogP contribution in [0.25, 0.3) is 0 Å². The summed E-state index contributed by atoms with van der Waals surface area (Å²) in [5.41, 5.74) is 7.43. The van der Waals surface area contributed by atoms with E-state index < -0.39 is 10.0 Å². The van der Waals surface area contributed by atoms with E-state index in [-0.39, 0.29) is 4.90 Å². The van der Waals surface area contributed by atoms with Crippen molar-refractivity contribution >= 4 is 22.1 Å². The van der Waals surface area contributed by atoms with Gasteiger partial charge in [0.05, 0.1) is 6.21 Å². The highest BCUT2D eigenvalue weighted by Crippen LogP contribution is 2.17. The number of hydrazone groups is 1. The van der Waals surface area contributed by atoms with Gasteiger partial charge in [-0.05, 0) is 44.0 Å². The average Bonchev–Trinajstić information content (AvgIpc) is 2.58. The average molecular weight is 375 g/mol. The summed E-state index contributed by atoms with van der Waals surface area (Å²) in [5, 5.41) is 4.23. The number of aromatic nitrogens is 1. The van der Waals surface area contributed by atoms with Gasteiger partial charge in [0.25, 0.3) is 0 Å². The van der Waals surface area contributed by atoms with E-state index in [4.69, 9.17) is 0 Å². The molecule has 140 valence electrons. The lowest BCUT2D eigenvalue weighted by Gasteiger charge is -2.18. The molecule has 0 unspecified atom stereocenters. The molecule has 0 fully saturated rings. The molecule has 26 heavy (non-hydrogen) atoms. The topological polar surface area (TPSA) is 74.7 Å². The van der Waals surface area contributed by atoms with Gasteiger partial charge in [-0.3, -0.25) is 5.43 Å². The zero-order chi connectivity index (χ0) is 19.3. The lowest BCUT2D eigenvalue weighted by Crippen LogP contribution is -2.30. The third kappa shape index (κ3) is 4.47. The first-order chi connectivity index (χ1) is 12.3. The number of hydrogen-bond acceptors (Lipinski definition) is 5. The zero-order valence-electron chi connectivity index (χ0n) is 15.9. The molecule has 0 aliphatic heterocycles. The first-order valence-corrected chi connectivity index (χ1v) is 10.1. The maximum atomic E-state index is 12.4. The lowest BCUT2D eigenvalue weighted by molar-refractivity contribution is 0.445. The normalized spacial score (nSPS) is 12.1. The van der Waals surface area contributed by atoms with Crippen LogP contribution in [0.5, 0.6) is 0 Å². The number of sulfonamides is 1. The molecule has 0 atom stereocenters. The molecule has 1 N–H and O–H groups in total. The highest BCUT2D eigenvalue weighted by molar-refractivity contribution is 7.89. The van der Waals surface area contributed by atoms with Gasteiger partial charge in [-0.1, -0.05) is 31.5 Å². The van der Waals surface area contributed by atoms with E-state index in [1.54, 1.807) is 18.3 Å². The molecule has 2 aromatic rings. The fourth-order valence-electron chi connectivity index (χ4n) is 2.87. The summed E-state index contributed by atoms with van der Waals surface area (Å²) in [7, 11) is -3.49. The second-order valence-electron chi connectivity index (χ2n) is 6.15. The van der Waals surface area contributed by atoms with E-state index in [2.05, 4.69) is 34.6 Å². The van der Waals surface area contributed by atoms with Gasteiger partial charge in [-0.2, -0.15) is 9.41 Å². The van der Waals surface area contributed by atoms with Crippen LogP contribution in [-0.4, -0.2) is 37.0 Å². The summed E-state index contributed by atoms with van der Waals surface area (Å²) in [6.45, 7) is 10.6. The van der Waals surface area contributed by atoms with Crippen molar-refractivity contribution in [2.45, 2.75) is 39.5 Å². The molecule has 0 bridgehead atoms. The first kappa shape index (κ1) is 20.1. The van der Waals surface area contributed by atoms with Gasteiger partial charge in [0, 0.05) is 24.8 Å². The molecule has 1 heterocycles. The van der Waals surface area contributed by atoms with Crippen molar-refractivity contribution in [3.05, 3.63) is 52.7 Å². The Morgan fingerprint density at radius 2 is 1.73 bits per heavy atom. The minimum Gasteiger partial charge on any atom is -0.261 e. The molecule has 0 saturated carbocycles. The van der Waals surface area contributed by atoms with Crippen LogP contribution >= 0.6 is 0 Å². The molecule has 1 aromatic heterocycles. The summed E-state index contributed by atoms with van der Waals surface area (Å²) >= 11 is 0. The minimum absolute atomic E-state index is 0.181. The van der Waals surface area contributed by atoms with Gasteiger partial charge in [-0.15, -0.1) is 0 Å². The van der Waals surface area contributed by atoms with Crippen LogP contribution in [0.3, 0.4) is 0 Å². The number of hydrogen-bond donors (Lipinski definition) is 1. The molecule has 0 spiro atoms. The van der Waals surface area contributed by atoms with Crippen molar-refractivity contribution in [1.82, 2.24) is 9.29 Å². The number of rotatable bonds is 7. The van der Waals surface area contributed by atoms with E-state index in [1.807, 2.05) is 27.7 Å². The van der Waals surface area contributed by atoms with Crippen molar-refractivity contribution in [2.75, 3.05) is 18.5 Å². The summed E-state index contributed by atoms with van der Waals surface area (Å²) in [4.78, 5) is 4.34. The van der Waals surface area contributed by atoms with Crippen molar-refractivity contribution in [2.24, 2.45) is 5.10 Å². The van der Waals surface area contributed by atoms with E-state index in [9.17, 15) is 8.42 Å². The van der Waals surface area contributed by atoms with Crippen LogP contribution in [0.15, 0.2) is 40.5 Å². The summed E-state index contributed by atoms with van der Waals surface area (Å²) in [6.07, 6.45) is 3.11. The Kier molecular flexibility index (Phi) is 6.50. The second kappa shape index (κ2) is 8.42. The van der Waals surface area contributed by atoms with Gasteiger partial charge < -0.3 is 0 Å². The number of nitrogens with one attached hydrogen (secondary N) is 1. The molecule has 7 heteroatoms. The van der Waals surface area contributed by atoms with Crippen LogP contribution in [0.1, 0.15) is 36.1 Å². The monoisotopic (exact) mass is 374 g/mol. The maximum Gasteiger partial charge on any atom is 0.244 e. The van der Waals surface area contributed by atoms with Gasteiger partial charge >= 0.3 is 0 Å². The molecule has 2 rings (SSSR count). The standard InChI is InChI=1S/C19H26N4O2S/c1-6-23(7-2)26(24,25)17-8-9-19(20-12-17)22-21-13-18-15(4)10-14(3)11-16(18)5/h8-13H,6-7H2,1-5H3,(H,20,22)/b21-13-. The van der Waals surface area contributed by atoms with Crippen LogP contribution in [-0.2, 0) is 10.0 Å². The molecule has 1 aromatic carbocycles. The number of pyridine rings is 1. The van der Waals surface area contributed by atoms with Crippen LogP contribution in [0, 0.1) is 20.8 Å². The van der Waals surface area contributed by atoms with Gasteiger partial charge in [0.1, 0.15) is 10.7 Å². The molecular formula is C19H26N4O2S. The second-order valence-corrected chi connectivity index (χ2v) is 8.09. The van der Waals surface area contributed by atoms with E-state index in [1.165, 1.54) is 16.1 Å². The SMILES string of the molecule is CCN(CC)S(=O)(=O)c1ccc(N/N=C\c2c(C)cc(C)cc2C)nc1. The highest BCUT2D eigenvalue weighted by Gasteiger charge is 2.21. The van der Waals surface area contributed by atoms with Crippen LogP contribution in [0.4, 0.5) is 5.82 Å². The summed E-state index contributed by atoms with van der Waals surface area (Å²) in [5.74, 6) is 0.488. The Labute approximate surface area is 156 Å². The van der Waals surface area contributed by atoms with E-state index in [0.717, 1.165) is 16.7 Å². The van der Waals surface area contributed by atoms with E-state index in [0.29, 0.717) is 18.9 Å². The molecule has 0 saturated heterocycles. The molecule has 0 aliphatic rings. The molecular weight excluding hydrogens is 348 g/mol. The molecule has 0 aliphatic carbocycles. The quantitative estimate of drug-likeness (QED) is 0.595. The molecule has 0 radical (unpaired) electrons. The zero-order valence-corrected chi connectivity index (χ0v) is 16.8. The van der Waals surface area contributed by atoms with Crippen LogP contribution in [0.2, 0.25) is 0 Å². The van der Waals surface area contributed by atoms with Crippen LogP contribution < -0.4 is 5.43 Å². The van der Waals surface area contributed by atoms with E-state index >= 15 is 0 Å². The van der Waals surface area contributed by atoms with Crippen molar-refractivity contribution in [1.29, 1.82) is 0 Å². The highest BCUT2D eigenvalue weighted by atomic mass is 32.2. The number of anilines is 1. The first-order valence-electron chi connectivity index (χ1n) is 8.62. The Balaban J connectivity index is 2.13. The summed E-state index contributed by atoms with van der Waals surface area (Å²) in [6, 6.07) is 7.38. The fraction of sp³-hybridized carbons (Fsp3) is 0.368. The minimum atomic E-state index is -3.49. The van der Waals surface area contributed by atoms with Crippen molar-refractivity contribution in [3.63, 3.8) is 0 Å². The Bertz CT molecular complexity index is 863. The Morgan fingerprint density at radius 3 is 2.23 bits per heavy atom. The third-order valence-corrected chi connectivity index (χ3v) is 6.22. The molecule has 6 nitrogen and oxygen atoms in total. The lowest BCUT2D eigenvalue weighted by atomic mass is 10.0. The molecule has 0 amide bonds. The van der Waals surface area contributed by atoms with Crippen molar-refractivity contribution in [3.8, 4) is 0 Å². The number of aryl methyl sites for hydroxylation is 3. The largest absolute Gasteiger partial charge is 0.261 e. The predicted molar refractivity (Wildman–Crippen MR) is 106 cm³/mol. The maximum absolute atomic E-state index is 12.4. The third-order valence-electron chi connectivity index (χ3n) is 4.19. The number of benzene rings is 1. The predicted octanol–water partition coefficient (Wildman–Crippen LogP) is 3.48. The van der Waals surface area contributed by atoms with Gasteiger partial charge in [0.15, 0.2) is 0 Å². The Morgan fingerprint density at radius 1 is 1.12 bits per heavy atom. The van der Waals surface area contributed by atoms with Gasteiger partial charge in [-0.25, -0.2) is 13.4 Å². The number of nitrogens with zero attached hydrogens (tertiary/aromatic N) is 3. The Hall–Kier alpha value is -2.25. The fourth-order valence-corrected chi connectivity index (χ4v) is 4.27.